The van der Waals surface area contributed by atoms with Crippen LogP contribution in [0.4, 0.5) is 10.1 Å². The lowest BCUT2D eigenvalue weighted by atomic mass is 10.1. The molecular formula is C18H11FN2O4S. The Balaban J connectivity index is 1.96. The number of carboxylic acids is 1. The SMILES string of the molecule is O=C1NC(=S)N(c2ccc(F)cc2)C(=O)/C1=C/c1ccc(C(=O)O)cc1. The van der Waals surface area contributed by atoms with Crippen LogP contribution in [0.2, 0.25) is 0 Å². The Kier molecular flexibility index (Phi) is 4.59. The van der Waals surface area contributed by atoms with Gasteiger partial charge in [-0.15, -0.1) is 0 Å². The van der Waals surface area contributed by atoms with E-state index in [1.807, 2.05) is 0 Å². The summed E-state index contributed by atoms with van der Waals surface area (Å²) in [5.41, 5.74) is 0.695. The number of thiocarbonyl (C=S) groups is 1. The molecule has 2 aromatic rings. The molecule has 0 bridgehead atoms. The number of hydrogen-bond donors (Lipinski definition) is 2. The molecule has 2 N–H and O–H groups in total. The number of aromatic carboxylic acids is 1. The van der Waals surface area contributed by atoms with Gasteiger partial charge < -0.3 is 5.11 Å². The predicted molar refractivity (Wildman–Crippen MR) is 96.0 cm³/mol. The summed E-state index contributed by atoms with van der Waals surface area (Å²) in [5, 5.41) is 11.2. The lowest BCUT2D eigenvalue weighted by Crippen LogP contribution is -2.54. The molecule has 0 radical (unpaired) electrons. The van der Waals surface area contributed by atoms with Crippen LogP contribution in [0, 0.1) is 5.82 Å². The molecule has 1 fully saturated rings. The third kappa shape index (κ3) is 3.35. The number of anilines is 1. The van der Waals surface area contributed by atoms with Crippen molar-refractivity contribution in [1.82, 2.24) is 5.32 Å². The van der Waals surface area contributed by atoms with Gasteiger partial charge >= 0.3 is 5.97 Å². The lowest BCUT2D eigenvalue weighted by molar-refractivity contribution is -0.122. The summed E-state index contributed by atoms with van der Waals surface area (Å²) in [4.78, 5) is 36.9. The Morgan fingerprint density at radius 1 is 1.08 bits per heavy atom. The fourth-order valence-corrected chi connectivity index (χ4v) is 2.65. The molecule has 2 aromatic carbocycles. The standard InChI is InChI=1S/C18H11FN2O4S/c19-12-5-7-13(8-6-12)21-16(23)14(15(22)20-18(21)26)9-10-1-3-11(4-2-10)17(24)25/h1-9H,(H,24,25)(H,20,22,26)/b14-9+. The van der Waals surface area contributed by atoms with Gasteiger partial charge in [0.25, 0.3) is 11.8 Å². The van der Waals surface area contributed by atoms with Crippen LogP contribution < -0.4 is 10.2 Å². The number of halogens is 1. The van der Waals surface area contributed by atoms with Crippen LogP contribution >= 0.6 is 12.2 Å². The molecule has 6 nitrogen and oxygen atoms in total. The van der Waals surface area contributed by atoms with Crippen molar-refractivity contribution < 1.29 is 23.9 Å². The molecule has 1 saturated heterocycles. The zero-order chi connectivity index (χ0) is 18.8. The van der Waals surface area contributed by atoms with Crippen LogP contribution in [0.3, 0.4) is 0 Å². The number of nitrogens with zero attached hydrogens (tertiary/aromatic N) is 1. The fourth-order valence-electron chi connectivity index (χ4n) is 2.37. The third-order valence-corrected chi connectivity index (χ3v) is 3.94. The summed E-state index contributed by atoms with van der Waals surface area (Å²) in [6.07, 6.45) is 1.33. The smallest absolute Gasteiger partial charge is 0.335 e. The number of hydrogen-bond acceptors (Lipinski definition) is 4. The second-order valence-electron chi connectivity index (χ2n) is 5.36. The topological polar surface area (TPSA) is 86.7 Å². The minimum absolute atomic E-state index is 0.0840. The van der Waals surface area contributed by atoms with Crippen LogP contribution in [0.25, 0.3) is 6.08 Å². The molecular weight excluding hydrogens is 359 g/mol. The molecule has 0 spiro atoms. The van der Waals surface area contributed by atoms with Crippen molar-refractivity contribution in [2.24, 2.45) is 0 Å². The molecule has 0 aliphatic carbocycles. The maximum atomic E-state index is 13.1. The molecule has 0 unspecified atom stereocenters. The second kappa shape index (κ2) is 6.85. The minimum Gasteiger partial charge on any atom is -0.478 e. The summed E-state index contributed by atoms with van der Waals surface area (Å²) in [6, 6.07) is 10.8. The molecule has 0 atom stereocenters. The number of amides is 2. The molecule has 3 rings (SSSR count). The third-order valence-electron chi connectivity index (χ3n) is 3.66. The highest BCUT2D eigenvalue weighted by Gasteiger charge is 2.34. The number of carbonyl (C=O) groups excluding carboxylic acids is 2. The highest BCUT2D eigenvalue weighted by atomic mass is 32.1. The van der Waals surface area contributed by atoms with Gasteiger partial charge in [0.05, 0.1) is 11.3 Å². The van der Waals surface area contributed by atoms with E-state index in [9.17, 15) is 18.8 Å². The first-order valence-electron chi connectivity index (χ1n) is 7.37. The van der Waals surface area contributed by atoms with Crippen molar-refractivity contribution >= 4 is 46.9 Å². The van der Waals surface area contributed by atoms with Gasteiger partial charge in [-0.3, -0.25) is 19.8 Å². The van der Waals surface area contributed by atoms with E-state index >= 15 is 0 Å². The van der Waals surface area contributed by atoms with Gasteiger partial charge in [-0.05, 0) is 60.3 Å². The van der Waals surface area contributed by atoms with E-state index in [4.69, 9.17) is 17.3 Å². The van der Waals surface area contributed by atoms with Gasteiger partial charge in [-0.2, -0.15) is 0 Å². The normalized spacial score (nSPS) is 16.0. The molecule has 2 amide bonds. The molecule has 1 heterocycles. The second-order valence-corrected chi connectivity index (χ2v) is 5.75. The Morgan fingerprint density at radius 2 is 1.69 bits per heavy atom. The fraction of sp³-hybridized carbons (Fsp3) is 0. The summed E-state index contributed by atoms with van der Waals surface area (Å²) in [6.45, 7) is 0. The summed E-state index contributed by atoms with van der Waals surface area (Å²) in [7, 11) is 0. The first kappa shape index (κ1) is 17.4. The van der Waals surface area contributed by atoms with Crippen molar-refractivity contribution in [2.75, 3.05) is 4.90 Å². The van der Waals surface area contributed by atoms with E-state index in [0.717, 1.165) is 4.90 Å². The molecule has 1 aliphatic rings. The summed E-state index contributed by atoms with van der Waals surface area (Å²) in [5.74, 6) is -2.88. The number of carboxylic acid groups (broad SMARTS) is 1. The van der Waals surface area contributed by atoms with Crippen molar-refractivity contribution in [3.8, 4) is 0 Å². The van der Waals surface area contributed by atoms with E-state index in [0.29, 0.717) is 11.3 Å². The summed E-state index contributed by atoms with van der Waals surface area (Å²) < 4.78 is 13.1. The minimum atomic E-state index is -1.08. The van der Waals surface area contributed by atoms with Crippen LogP contribution in [0.5, 0.6) is 0 Å². The lowest BCUT2D eigenvalue weighted by Gasteiger charge is -2.28. The zero-order valence-electron chi connectivity index (χ0n) is 13.1. The maximum absolute atomic E-state index is 13.1. The Morgan fingerprint density at radius 3 is 2.27 bits per heavy atom. The average molecular weight is 370 g/mol. The van der Waals surface area contributed by atoms with Crippen molar-refractivity contribution in [2.45, 2.75) is 0 Å². The molecule has 1 aliphatic heterocycles. The van der Waals surface area contributed by atoms with Crippen molar-refractivity contribution in [1.29, 1.82) is 0 Å². The molecule has 26 heavy (non-hydrogen) atoms. The van der Waals surface area contributed by atoms with E-state index in [-0.39, 0.29) is 16.2 Å². The van der Waals surface area contributed by atoms with Crippen LogP contribution in [0.15, 0.2) is 54.1 Å². The van der Waals surface area contributed by atoms with E-state index in [1.54, 1.807) is 0 Å². The van der Waals surface area contributed by atoms with Gasteiger partial charge in [-0.25, -0.2) is 9.18 Å². The molecule has 8 heteroatoms. The first-order chi connectivity index (χ1) is 12.4. The highest BCUT2D eigenvalue weighted by molar-refractivity contribution is 7.80. The Hall–Kier alpha value is -3.39. The predicted octanol–water partition coefficient (Wildman–Crippen LogP) is 2.36. The van der Waals surface area contributed by atoms with E-state index in [2.05, 4.69) is 5.32 Å². The quantitative estimate of drug-likeness (QED) is 0.492. The van der Waals surface area contributed by atoms with Gasteiger partial charge in [-0.1, -0.05) is 12.1 Å². The Labute approximate surface area is 152 Å². The number of carbonyl (C=O) groups is 3. The van der Waals surface area contributed by atoms with Crippen LogP contribution in [-0.4, -0.2) is 28.0 Å². The van der Waals surface area contributed by atoms with Crippen LogP contribution in [0.1, 0.15) is 15.9 Å². The van der Waals surface area contributed by atoms with Gasteiger partial charge in [0.2, 0.25) is 0 Å². The van der Waals surface area contributed by atoms with Gasteiger partial charge in [0, 0.05) is 0 Å². The average Bonchev–Trinajstić information content (AvgIpc) is 2.60. The number of benzene rings is 2. The number of nitrogens with one attached hydrogen (secondary N) is 1. The molecule has 0 saturated carbocycles. The van der Waals surface area contributed by atoms with Gasteiger partial charge in [0.1, 0.15) is 11.4 Å². The van der Waals surface area contributed by atoms with Crippen molar-refractivity contribution in [3.63, 3.8) is 0 Å². The zero-order valence-corrected chi connectivity index (χ0v) is 13.9. The molecule has 130 valence electrons. The Bertz CT molecular complexity index is 952. The van der Waals surface area contributed by atoms with Crippen molar-refractivity contribution in [3.05, 3.63) is 71.0 Å². The molecule has 0 aromatic heterocycles. The largest absolute Gasteiger partial charge is 0.478 e. The maximum Gasteiger partial charge on any atom is 0.335 e. The number of rotatable bonds is 3. The van der Waals surface area contributed by atoms with Crippen LogP contribution in [-0.2, 0) is 9.59 Å². The monoisotopic (exact) mass is 370 g/mol. The van der Waals surface area contributed by atoms with Gasteiger partial charge in [0.15, 0.2) is 5.11 Å². The summed E-state index contributed by atoms with van der Waals surface area (Å²) >= 11 is 5.05. The van der Waals surface area contributed by atoms with E-state index < -0.39 is 23.6 Å². The first-order valence-corrected chi connectivity index (χ1v) is 7.78. The van der Waals surface area contributed by atoms with E-state index in [1.165, 1.54) is 54.6 Å². The highest BCUT2D eigenvalue weighted by Crippen LogP contribution is 2.22.